The van der Waals surface area contributed by atoms with Crippen molar-refractivity contribution < 1.29 is 0 Å². The third-order valence-corrected chi connectivity index (χ3v) is 4.67. The van der Waals surface area contributed by atoms with Gasteiger partial charge in [0.05, 0.1) is 0 Å². The molecule has 0 saturated carbocycles. The number of guanidine groups is 1. The Morgan fingerprint density at radius 2 is 1.93 bits per heavy atom. The van der Waals surface area contributed by atoms with Gasteiger partial charge in [-0.15, -0.1) is 10.2 Å². The molecule has 0 aliphatic carbocycles. The summed E-state index contributed by atoms with van der Waals surface area (Å²) in [6.45, 7) is 12.5. The first-order valence-electron chi connectivity index (χ1n) is 10.1. The average Bonchev–Trinajstić information content (AvgIpc) is 3.19. The highest BCUT2D eigenvalue weighted by molar-refractivity contribution is 5.80. The Balaban J connectivity index is 1.56. The molecule has 28 heavy (non-hydrogen) atoms. The summed E-state index contributed by atoms with van der Waals surface area (Å²) in [6, 6.07) is 1.85. The lowest BCUT2D eigenvalue weighted by molar-refractivity contribution is 0.367. The molecular formula is C19H31N9. The van der Waals surface area contributed by atoms with Crippen LogP contribution in [0.5, 0.6) is 0 Å². The van der Waals surface area contributed by atoms with Gasteiger partial charge in [0.15, 0.2) is 5.96 Å². The van der Waals surface area contributed by atoms with Crippen LogP contribution in [0.4, 0.5) is 5.95 Å². The van der Waals surface area contributed by atoms with E-state index in [1.165, 1.54) is 0 Å². The van der Waals surface area contributed by atoms with E-state index in [1.54, 1.807) is 18.7 Å². The lowest BCUT2D eigenvalue weighted by Crippen LogP contribution is -2.53. The van der Waals surface area contributed by atoms with Gasteiger partial charge in [-0.3, -0.25) is 4.99 Å². The van der Waals surface area contributed by atoms with Crippen LogP contribution in [0.25, 0.3) is 0 Å². The van der Waals surface area contributed by atoms with Crippen molar-refractivity contribution in [2.45, 2.75) is 33.7 Å². The summed E-state index contributed by atoms with van der Waals surface area (Å²) in [7, 11) is 0. The third kappa shape index (κ3) is 5.40. The van der Waals surface area contributed by atoms with Gasteiger partial charge in [0.25, 0.3) is 0 Å². The van der Waals surface area contributed by atoms with Crippen molar-refractivity contribution in [1.29, 1.82) is 0 Å². The Labute approximate surface area is 166 Å². The van der Waals surface area contributed by atoms with Crippen LogP contribution >= 0.6 is 0 Å². The monoisotopic (exact) mass is 385 g/mol. The molecule has 0 unspecified atom stereocenters. The van der Waals surface area contributed by atoms with Crippen LogP contribution in [-0.4, -0.2) is 74.9 Å². The zero-order chi connectivity index (χ0) is 19.8. The minimum absolute atomic E-state index is 0.528. The molecule has 0 bridgehead atoms. The van der Waals surface area contributed by atoms with E-state index in [-0.39, 0.29) is 0 Å². The second kappa shape index (κ2) is 10.0. The number of aliphatic imine (C=N–C) groups is 1. The third-order valence-electron chi connectivity index (χ3n) is 4.67. The lowest BCUT2D eigenvalue weighted by Gasteiger charge is -2.36. The highest BCUT2D eigenvalue weighted by atomic mass is 15.4. The fourth-order valence-corrected chi connectivity index (χ4v) is 3.14. The molecule has 0 amide bonds. The summed E-state index contributed by atoms with van der Waals surface area (Å²) < 4.78 is 2.09. The van der Waals surface area contributed by atoms with Crippen LogP contribution in [0.1, 0.15) is 26.6 Å². The number of anilines is 1. The van der Waals surface area contributed by atoms with Crippen LogP contribution in [0.15, 0.2) is 29.8 Å². The predicted octanol–water partition coefficient (Wildman–Crippen LogP) is 1.05. The van der Waals surface area contributed by atoms with E-state index in [1.807, 2.05) is 6.07 Å². The van der Waals surface area contributed by atoms with E-state index in [9.17, 15) is 0 Å². The van der Waals surface area contributed by atoms with E-state index in [2.05, 4.69) is 60.6 Å². The van der Waals surface area contributed by atoms with Gasteiger partial charge < -0.3 is 19.7 Å². The molecule has 2 aromatic heterocycles. The number of piperazine rings is 1. The Hall–Kier alpha value is -2.71. The number of aromatic nitrogens is 5. The number of hydrogen-bond donors (Lipinski definition) is 1. The van der Waals surface area contributed by atoms with Crippen molar-refractivity contribution in [2.24, 2.45) is 10.9 Å². The molecule has 3 rings (SSSR count). The summed E-state index contributed by atoms with van der Waals surface area (Å²) in [4.78, 5) is 18.1. The molecule has 2 aromatic rings. The topological polar surface area (TPSA) is 87.4 Å². The average molecular weight is 386 g/mol. The molecule has 9 heteroatoms. The van der Waals surface area contributed by atoms with Crippen molar-refractivity contribution in [2.75, 3.05) is 44.2 Å². The molecule has 1 saturated heterocycles. The molecule has 0 atom stereocenters. The summed E-state index contributed by atoms with van der Waals surface area (Å²) in [5.74, 6) is 3.32. The molecule has 9 nitrogen and oxygen atoms in total. The smallest absolute Gasteiger partial charge is 0.225 e. The first-order valence-corrected chi connectivity index (χ1v) is 10.1. The van der Waals surface area contributed by atoms with Gasteiger partial charge >= 0.3 is 0 Å². The van der Waals surface area contributed by atoms with Crippen LogP contribution in [0.3, 0.4) is 0 Å². The molecule has 1 fully saturated rings. The molecule has 1 N–H and O–H groups in total. The van der Waals surface area contributed by atoms with Gasteiger partial charge in [0.1, 0.15) is 12.2 Å². The van der Waals surface area contributed by atoms with Crippen molar-refractivity contribution in [3.63, 3.8) is 0 Å². The minimum atomic E-state index is 0.528. The largest absolute Gasteiger partial charge is 0.354 e. The number of nitrogens with zero attached hydrogens (tertiary/aromatic N) is 8. The number of rotatable bonds is 7. The highest BCUT2D eigenvalue weighted by Crippen LogP contribution is 2.10. The second-order valence-corrected chi connectivity index (χ2v) is 7.30. The van der Waals surface area contributed by atoms with E-state index < -0.39 is 0 Å². The first kappa shape index (κ1) is 20.0. The van der Waals surface area contributed by atoms with Crippen LogP contribution in [0, 0.1) is 5.92 Å². The molecule has 0 radical (unpaired) electrons. The predicted molar refractivity (Wildman–Crippen MR) is 110 cm³/mol. The number of hydrogen-bond acceptors (Lipinski definition) is 6. The fraction of sp³-hybridized carbons (Fsp3) is 0.632. The standard InChI is InChI=1S/C19H31N9/c1-4-17-25-24-15-28(17)9-8-22-19(23-14-16(2)3)27-12-10-26(11-13-27)18-20-6-5-7-21-18/h5-7,15-16H,4,8-14H2,1-3H3,(H,22,23). The first-order chi connectivity index (χ1) is 13.7. The van der Waals surface area contributed by atoms with E-state index in [0.29, 0.717) is 5.92 Å². The second-order valence-electron chi connectivity index (χ2n) is 7.30. The molecule has 1 aliphatic rings. The van der Waals surface area contributed by atoms with Crippen LogP contribution in [-0.2, 0) is 13.0 Å². The van der Waals surface area contributed by atoms with Crippen molar-refractivity contribution in [1.82, 2.24) is 34.9 Å². The fourth-order valence-electron chi connectivity index (χ4n) is 3.14. The SMILES string of the molecule is CCc1nncn1CCNC(=NCC(C)C)N1CCN(c2ncccn2)CC1. The lowest BCUT2D eigenvalue weighted by atomic mass is 10.2. The zero-order valence-corrected chi connectivity index (χ0v) is 17.1. The maximum atomic E-state index is 4.85. The normalized spacial score (nSPS) is 15.4. The van der Waals surface area contributed by atoms with Gasteiger partial charge in [-0.1, -0.05) is 20.8 Å². The molecule has 152 valence electrons. The number of nitrogens with one attached hydrogen (secondary N) is 1. The summed E-state index contributed by atoms with van der Waals surface area (Å²) >= 11 is 0. The molecule has 1 aliphatic heterocycles. The van der Waals surface area contributed by atoms with Gasteiger partial charge in [0, 0.05) is 64.6 Å². The summed E-state index contributed by atoms with van der Waals surface area (Å²) in [5, 5.41) is 11.7. The summed E-state index contributed by atoms with van der Waals surface area (Å²) in [6.07, 6.45) is 6.27. The van der Waals surface area contributed by atoms with Crippen molar-refractivity contribution in [3.05, 3.63) is 30.6 Å². The Morgan fingerprint density at radius 3 is 2.61 bits per heavy atom. The van der Waals surface area contributed by atoms with Gasteiger partial charge in [-0.25, -0.2) is 9.97 Å². The molecular weight excluding hydrogens is 354 g/mol. The van der Waals surface area contributed by atoms with E-state index >= 15 is 0 Å². The minimum Gasteiger partial charge on any atom is -0.354 e. The van der Waals surface area contributed by atoms with Crippen LogP contribution in [0.2, 0.25) is 0 Å². The van der Waals surface area contributed by atoms with Crippen molar-refractivity contribution in [3.8, 4) is 0 Å². The zero-order valence-electron chi connectivity index (χ0n) is 17.1. The van der Waals surface area contributed by atoms with Crippen LogP contribution < -0.4 is 10.2 Å². The maximum Gasteiger partial charge on any atom is 0.225 e. The molecule has 0 spiro atoms. The van der Waals surface area contributed by atoms with Crippen molar-refractivity contribution >= 4 is 11.9 Å². The quantitative estimate of drug-likeness (QED) is 0.563. The maximum absolute atomic E-state index is 4.85. The summed E-state index contributed by atoms with van der Waals surface area (Å²) in [5.41, 5.74) is 0. The molecule has 0 aromatic carbocycles. The Kier molecular flexibility index (Phi) is 7.16. The Bertz CT molecular complexity index is 733. The van der Waals surface area contributed by atoms with E-state index in [0.717, 1.165) is 70.0 Å². The Morgan fingerprint density at radius 1 is 1.18 bits per heavy atom. The van der Waals surface area contributed by atoms with Gasteiger partial charge in [-0.05, 0) is 12.0 Å². The van der Waals surface area contributed by atoms with Gasteiger partial charge in [-0.2, -0.15) is 0 Å². The molecule has 3 heterocycles. The van der Waals surface area contributed by atoms with Gasteiger partial charge in [0.2, 0.25) is 5.95 Å². The number of aryl methyl sites for hydroxylation is 1. The van der Waals surface area contributed by atoms with E-state index in [4.69, 9.17) is 4.99 Å². The highest BCUT2D eigenvalue weighted by Gasteiger charge is 2.21.